The predicted octanol–water partition coefficient (Wildman–Crippen LogP) is 3.16. The van der Waals surface area contributed by atoms with E-state index in [1.165, 1.54) is 6.42 Å². The molecule has 4 heteroatoms. The minimum Gasteiger partial charge on any atom is -0.493 e. The molecule has 1 aromatic rings. The van der Waals surface area contributed by atoms with Crippen LogP contribution in [-0.4, -0.2) is 23.9 Å². The molecule has 1 aliphatic carbocycles. The van der Waals surface area contributed by atoms with Crippen molar-refractivity contribution in [1.82, 2.24) is 0 Å². The first-order valence-electron chi connectivity index (χ1n) is 7.67. The summed E-state index contributed by atoms with van der Waals surface area (Å²) in [5.74, 6) is 0.789. The quantitative estimate of drug-likeness (QED) is 0.571. The van der Waals surface area contributed by atoms with E-state index < -0.39 is 0 Å². The lowest BCUT2D eigenvalue weighted by Gasteiger charge is -2.23. The summed E-state index contributed by atoms with van der Waals surface area (Å²) >= 11 is 0. The zero-order valence-electron chi connectivity index (χ0n) is 12.3. The first-order valence-corrected chi connectivity index (χ1v) is 7.67. The van der Waals surface area contributed by atoms with Crippen LogP contribution in [-0.2, 0) is 0 Å². The van der Waals surface area contributed by atoms with Crippen LogP contribution in [0.1, 0.15) is 45.4 Å². The number of benzene rings is 1. The molecule has 1 fully saturated rings. The van der Waals surface area contributed by atoms with Crippen LogP contribution in [0.3, 0.4) is 0 Å². The highest BCUT2D eigenvalue weighted by Gasteiger charge is 2.21. The van der Waals surface area contributed by atoms with Crippen molar-refractivity contribution >= 4 is 11.4 Å². The van der Waals surface area contributed by atoms with Crippen molar-refractivity contribution in [2.24, 2.45) is 0 Å². The third-order valence-corrected chi connectivity index (χ3v) is 3.73. The van der Waals surface area contributed by atoms with Crippen LogP contribution in [0.15, 0.2) is 18.2 Å². The second-order valence-electron chi connectivity index (χ2n) is 5.60. The van der Waals surface area contributed by atoms with Crippen molar-refractivity contribution in [2.45, 2.75) is 57.6 Å². The molecule has 2 unspecified atom stereocenters. The number of rotatable bonds is 5. The van der Waals surface area contributed by atoms with Crippen molar-refractivity contribution in [2.75, 3.05) is 17.7 Å². The molecule has 4 N–H and O–H groups in total. The highest BCUT2D eigenvalue weighted by Crippen LogP contribution is 2.26. The number of nitrogen functional groups attached to an aromatic ring is 1. The predicted molar refractivity (Wildman–Crippen MR) is 83.1 cm³/mol. The summed E-state index contributed by atoms with van der Waals surface area (Å²) in [5, 5.41) is 13.6. The maximum Gasteiger partial charge on any atom is 0.123 e. The van der Waals surface area contributed by atoms with Gasteiger partial charge in [0, 0.05) is 23.5 Å². The van der Waals surface area contributed by atoms with Crippen molar-refractivity contribution in [3.63, 3.8) is 0 Å². The van der Waals surface area contributed by atoms with E-state index in [0.29, 0.717) is 12.3 Å². The molecular weight excluding hydrogens is 252 g/mol. The summed E-state index contributed by atoms with van der Waals surface area (Å²) in [6.07, 6.45) is 6.05. The molecule has 112 valence electrons. The van der Waals surface area contributed by atoms with E-state index in [4.69, 9.17) is 10.5 Å². The lowest BCUT2D eigenvalue weighted by atomic mass is 10.1. The van der Waals surface area contributed by atoms with E-state index in [1.54, 1.807) is 0 Å². The van der Waals surface area contributed by atoms with Gasteiger partial charge in [-0.25, -0.2) is 0 Å². The van der Waals surface area contributed by atoms with Crippen LogP contribution in [0.5, 0.6) is 5.75 Å². The van der Waals surface area contributed by atoms with Gasteiger partial charge in [-0.05, 0) is 25.3 Å². The second-order valence-corrected chi connectivity index (χ2v) is 5.60. The number of hydrogen-bond donors (Lipinski definition) is 3. The highest BCUT2D eigenvalue weighted by atomic mass is 16.5. The molecule has 0 spiro atoms. The smallest absolute Gasteiger partial charge is 0.123 e. The maximum atomic E-state index is 10.2. The van der Waals surface area contributed by atoms with Crippen molar-refractivity contribution in [3.8, 4) is 5.75 Å². The van der Waals surface area contributed by atoms with Gasteiger partial charge in [0.25, 0.3) is 0 Å². The molecule has 4 nitrogen and oxygen atoms in total. The van der Waals surface area contributed by atoms with Crippen LogP contribution in [0.4, 0.5) is 11.4 Å². The number of hydrogen-bond acceptors (Lipinski definition) is 4. The van der Waals surface area contributed by atoms with E-state index in [9.17, 15) is 5.11 Å². The van der Waals surface area contributed by atoms with Gasteiger partial charge < -0.3 is 20.9 Å². The Balaban J connectivity index is 2.05. The molecule has 0 heterocycles. The Labute approximate surface area is 121 Å². The number of nitrogens with two attached hydrogens (primary N) is 1. The molecule has 1 aromatic carbocycles. The second kappa shape index (κ2) is 7.39. The SMILES string of the molecule is CCCOc1cc(N)cc(NC2CCCCCC2O)c1. The Kier molecular flexibility index (Phi) is 5.53. The molecular formula is C16H26N2O2. The molecule has 0 aliphatic heterocycles. The minimum atomic E-state index is -0.279. The van der Waals surface area contributed by atoms with Crippen molar-refractivity contribution < 1.29 is 9.84 Å². The van der Waals surface area contributed by atoms with E-state index in [0.717, 1.165) is 43.5 Å². The van der Waals surface area contributed by atoms with Gasteiger partial charge in [-0.1, -0.05) is 26.2 Å². The first kappa shape index (κ1) is 15.0. The van der Waals surface area contributed by atoms with E-state index in [2.05, 4.69) is 12.2 Å². The normalized spacial score (nSPS) is 23.1. The molecule has 2 rings (SSSR count). The van der Waals surface area contributed by atoms with Gasteiger partial charge in [0.1, 0.15) is 5.75 Å². The number of nitrogens with one attached hydrogen (secondary N) is 1. The van der Waals surface area contributed by atoms with Crippen LogP contribution in [0, 0.1) is 0 Å². The van der Waals surface area contributed by atoms with Gasteiger partial charge in [-0.2, -0.15) is 0 Å². The fraction of sp³-hybridized carbons (Fsp3) is 0.625. The molecule has 20 heavy (non-hydrogen) atoms. The average molecular weight is 278 g/mol. The maximum absolute atomic E-state index is 10.2. The molecule has 0 bridgehead atoms. The van der Waals surface area contributed by atoms with Gasteiger partial charge >= 0.3 is 0 Å². The Bertz CT molecular complexity index is 423. The van der Waals surface area contributed by atoms with E-state index in [-0.39, 0.29) is 12.1 Å². The fourth-order valence-corrected chi connectivity index (χ4v) is 2.68. The molecule has 1 aliphatic rings. The lowest BCUT2D eigenvalue weighted by Crippen LogP contribution is -2.32. The fourth-order valence-electron chi connectivity index (χ4n) is 2.68. The molecule has 0 aromatic heterocycles. The summed E-state index contributed by atoms with van der Waals surface area (Å²) in [4.78, 5) is 0. The zero-order valence-corrected chi connectivity index (χ0v) is 12.3. The Morgan fingerprint density at radius 2 is 2.05 bits per heavy atom. The summed E-state index contributed by atoms with van der Waals surface area (Å²) in [5.41, 5.74) is 7.54. The van der Waals surface area contributed by atoms with Gasteiger partial charge in [-0.15, -0.1) is 0 Å². The Morgan fingerprint density at radius 3 is 2.85 bits per heavy atom. The Hall–Kier alpha value is -1.42. The molecule has 0 saturated heterocycles. The third-order valence-electron chi connectivity index (χ3n) is 3.73. The first-order chi connectivity index (χ1) is 9.69. The average Bonchev–Trinajstić information content (AvgIpc) is 2.61. The number of anilines is 2. The lowest BCUT2D eigenvalue weighted by molar-refractivity contribution is 0.144. The Morgan fingerprint density at radius 1 is 1.25 bits per heavy atom. The summed E-state index contributed by atoms with van der Waals surface area (Å²) in [6, 6.07) is 5.81. The minimum absolute atomic E-state index is 0.110. The van der Waals surface area contributed by atoms with Gasteiger partial charge in [0.05, 0.1) is 18.8 Å². The van der Waals surface area contributed by atoms with Gasteiger partial charge in [-0.3, -0.25) is 0 Å². The number of aliphatic hydroxyl groups is 1. The topological polar surface area (TPSA) is 67.5 Å². The molecule has 0 amide bonds. The van der Waals surface area contributed by atoms with E-state index in [1.807, 2.05) is 18.2 Å². The molecule has 1 saturated carbocycles. The van der Waals surface area contributed by atoms with Crippen LogP contribution < -0.4 is 15.8 Å². The van der Waals surface area contributed by atoms with Gasteiger partial charge in [0.15, 0.2) is 0 Å². The largest absolute Gasteiger partial charge is 0.493 e. The van der Waals surface area contributed by atoms with Crippen LogP contribution >= 0.6 is 0 Å². The molecule has 0 radical (unpaired) electrons. The monoisotopic (exact) mass is 278 g/mol. The number of aliphatic hydroxyl groups excluding tert-OH is 1. The zero-order chi connectivity index (χ0) is 14.4. The standard InChI is InChI=1S/C16H26N2O2/c1-2-8-20-14-10-12(17)9-13(11-14)18-15-6-4-3-5-7-16(15)19/h9-11,15-16,18-19H,2-8,17H2,1H3. The van der Waals surface area contributed by atoms with Crippen molar-refractivity contribution in [1.29, 1.82) is 0 Å². The summed E-state index contributed by atoms with van der Waals surface area (Å²) in [6.45, 7) is 2.77. The van der Waals surface area contributed by atoms with Crippen molar-refractivity contribution in [3.05, 3.63) is 18.2 Å². The molecule has 2 atom stereocenters. The van der Waals surface area contributed by atoms with Crippen LogP contribution in [0.25, 0.3) is 0 Å². The summed E-state index contributed by atoms with van der Waals surface area (Å²) in [7, 11) is 0. The summed E-state index contributed by atoms with van der Waals surface area (Å²) < 4.78 is 5.63. The van der Waals surface area contributed by atoms with E-state index >= 15 is 0 Å². The number of ether oxygens (including phenoxy) is 1. The van der Waals surface area contributed by atoms with Gasteiger partial charge in [0.2, 0.25) is 0 Å². The van der Waals surface area contributed by atoms with Crippen LogP contribution in [0.2, 0.25) is 0 Å². The highest BCUT2D eigenvalue weighted by molar-refractivity contribution is 5.59. The third kappa shape index (κ3) is 4.30.